The summed E-state index contributed by atoms with van der Waals surface area (Å²) in [4.78, 5) is 17.8. The van der Waals surface area contributed by atoms with Crippen LogP contribution in [0.15, 0.2) is 54.9 Å². The number of rotatable bonds is 5. The molecule has 1 aliphatic heterocycles. The zero-order valence-electron chi connectivity index (χ0n) is 20.4. The first kappa shape index (κ1) is 23.1. The van der Waals surface area contributed by atoms with Crippen molar-refractivity contribution in [3.8, 4) is 16.9 Å². The van der Waals surface area contributed by atoms with Gasteiger partial charge in [-0.1, -0.05) is 18.2 Å². The van der Waals surface area contributed by atoms with Gasteiger partial charge in [0, 0.05) is 42.7 Å². The highest BCUT2D eigenvalue weighted by Gasteiger charge is 2.24. The molecule has 37 heavy (non-hydrogen) atoms. The molecule has 0 radical (unpaired) electrons. The Morgan fingerprint density at radius 2 is 2.03 bits per heavy atom. The molecule has 5 aromatic rings. The molecule has 1 N–H and O–H groups in total. The lowest BCUT2D eigenvalue weighted by atomic mass is 10.0. The van der Waals surface area contributed by atoms with Crippen LogP contribution in [-0.4, -0.2) is 61.4 Å². The second kappa shape index (κ2) is 8.97. The van der Waals surface area contributed by atoms with Crippen LogP contribution in [0, 0.1) is 12.7 Å². The first-order chi connectivity index (χ1) is 17.9. The number of fused-ring (bicyclic) bond motifs is 2. The summed E-state index contributed by atoms with van der Waals surface area (Å²) >= 11 is 0. The number of carboxylic acids is 1. The molecule has 0 bridgehead atoms. The molecule has 1 fully saturated rings. The Morgan fingerprint density at radius 3 is 2.81 bits per heavy atom. The van der Waals surface area contributed by atoms with E-state index in [2.05, 4.69) is 10.1 Å². The average molecular weight is 501 g/mol. The van der Waals surface area contributed by atoms with Crippen LogP contribution in [0.25, 0.3) is 38.8 Å². The number of carbonyl (C=O) groups is 1. The molecular weight excluding hydrogens is 475 g/mol. The number of nitrogens with zero attached hydrogens (tertiary/aromatic N) is 6. The van der Waals surface area contributed by atoms with Crippen molar-refractivity contribution in [2.75, 3.05) is 24.6 Å². The van der Waals surface area contributed by atoms with Gasteiger partial charge in [0.15, 0.2) is 0 Å². The molecule has 188 valence electrons. The van der Waals surface area contributed by atoms with E-state index in [1.807, 2.05) is 55.4 Å². The second-order valence-electron chi connectivity index (χ2n) is 9.30. The summed E-state index contributed by atoms with van der Waals surface area (Å²) in [6, 6.07) is 12.8. The van der Waals surface area contributed by atoms with Crippen molar-refractivity contribution in [3.05, 3.63) is 66.2 Å². The number of aromatic nitrogens is 5. The minimum absolute atomic E-state index is 0.0455. The van der Waals surface area contributed by atoms with E-state index >= 15 is 4.39 Å². The Morgan fingerprint density at radius 1 is 1.16 bits per heavy atom. The molecule has 9 nitrogen and oxygen atoms in total. The molecule has 1 unspecified atom stereocenters. The number of hydrogen-bond donors (Lipinski definition) is 1. The third-order valence-electron chi connectivity index (χ3n) is 6.74. The highest BCUT2D eigenvalue weighted by molar-refractivity contribution is 6.03. The smallest absolute Gasteiger partial charge is 0.306 e. The van der Waals surface area contributed by atoms with Crippen molar-refractivity contribution in [1.29, 1.82) is 0 Å². The Bertz CT molecular complexity index is 1640. The largest absolute Gasteiger partial charge is 0.481 e. The number of aliphatic carboxylic acids is 1. The van der Waals surface area contributed by atoms with Gasteiger partial charge in [-0.25, -0.2) is 14.1 Å². The predicted octanol–water partition coefficient (Wildman–Crippen LogP) is 4.10. The van der Waals surface area contributed by atoms with E-state index in [9.17, 15) is 4.79 Å². The normalized spacial score (nSPS) is 16.1. The number of benzene rings is 2. The van der Waals surface area contributed by atoms with Gasteiger partial charge in [0.1, 0.15) is 17.3 Å². The van der Waals surface area contributed by atoms with Gasteiger partial charge in [-0.3, -0.25) is 9.48 Å². The Hall–Kier alpha value is -4.31. The summed E-state index contributed by atoms with van der Waals surface area (Å²) in [7, 11) is 1.81. The topological polar surface area (TPSA) is 98.3 Å². The summed E-state index contributed by atoms with van der Waals surface area (Å²) in [5, 5.41) is 20.0. The van der Waals surface area contributed by atoms with Crippen LogP contribution in [-0.2, 0) is 16.6 Å². The number of halogens is 1. The van der Waals surface area contributed by atoms with Crippen LogP contribution in [0.5, 0.6) is 0 Å². The monoisotopic (exact) mass is 500 g/mol. The van der Waals surface area contributed by atoms with Crippen molar-refractivity contribution < 1.29 is 19.0 Å². The molecule has 1 aliphatic rings. The zero-order valence-corrected chi connectivity index (χ0v) is 20.4. The SMILES string of the molecule is Cc1cccc2c(-c3c(F)ccc4nn(C)cc34)nn(-c3ccc(N4CCOC(CC(=O)O)C4)nc3)c12. The van der Waals surface area contributed by atoms with E-state index in [-0.39, 0.29) is 18.3 Å². The van der Waals surface area contributed by atoms with Gasteiger partial charge in [-0.15, -0.1) is 0 Å². The number of para-hydroxylation sites is 1. The van der Waals surface area contributed by atoms with E-state index in [1.165, 1.54) is 6.07 Å². The van der Waals surface area contributed by atoms with Crippen LogP contribution in [0.1, 0.15) is 12.0 Å². The summed E-state index contributed by atoms with van der Waals surface area (Å²) in [6.45, 7) is 3.54. The lowest BCUT2D eigenvalue weighted by molar-refractivity contribution is -0.140. The molecule has 1 saturated heterocycles. The predicted molar refractivity (Wildman–Crippen MR) is 137 cm³/mol. The van der Waals surface area contributed by atoms with Crippen LogP contribution < -0.4 is 4.90 Å². The molecule has 0 aliphatic carbocycles. The number of hydrogen-bond acceptors (Lipinski definition) is 6. The molecule has 1 atom stereocenters. The Kier molecular flexibility index (Phi) is 5.60. The maximum Gasteiger partial charge on any atom is 0.306 e. The zero-order chi connectivity index (χ0) is 25.7. The third-order valence-corrected chi connectivity index (χ3v) is 6.74. The van der Waals surface area contributed by atoms with Crippen LogP contribution in [0.2, 0.25) is 0 Å². The summed E-state index contributed by atoms with van der Waals surface area (Å²) in [5.41, 5.74) is 4.28. The van der Waals surface area contributed by atoms with Crippen LogP contribution in [0.3, 0.4) is 0 Å². The highest BCUT2D eigenvalue weighted by Crippen LogP contribution is 2.37. The molecule has 3 aromatic heterocycles. The fourth-order valence-electron chi connectivity index (χ4n) is 5.07. The van der Waals surface area contributed by atoms with Crippen molar-refractivity contribution in [1.82, 2.24) is 24.5 Å². The van der Waals surface area contributed by atoms with Gasteiger partial charge in [-0.05, 0) is 36.8 Å². The fourth-order valence-corrected chi connectivity index (χ4v) is 5.07. The Balaban J connectivity index is 1.43. The average Bonchev–Trinajstić information content (AvgIpc) is 3.45. The molecule has 4 heterocycles. The molecule has 0 saturated carbocycles. The lowest BCUT2D eigenvalue weighted by Gasteiger charge is -2.33. The van der Waals surface area contributed by atoms with E-state index < -0.39 is 5.97 Å². The maximum atomic E-state index is 15.3. The molecule has 6 rings (SSSR count). The summed E-state index contributed by atoms with van der Waals surface area (Å²) < 4.78 is 24.3. The van der Waals surface area contributed by atoms with Gasteiger partial charge < -0.3 is 14.7 Å². The van der Waals surface area contributed by atoms with Gasteiger partial charge >= 0.3 is 5.97 Å². The molecule has 0 amide bonds. The summed E-state index contributed by atoms with van der Waals surface area (Å²) in [5.74, 6) is -0.502. The van der Waals surface area contributed by atoms with E-state index in [4.69, 9.17) is 14.9 Å². The van der Waals surface area contributed by atoms with Crippen molar-refractivity contribution >= 4 is 33.6 Å². The molecule has 2 aromatic carbocycles. The van der Waals surface area contributed by atoms with Crippen molar-refractivity contribution in [2.45, 2.75) is 19.4 Å². The Labute approximate surface area is 211 Å². The quantitative estimate of drug-likeness (QED) is 0.388. The third kappa shape index (κ3) is 4.09. The number of anilines is 1. The van der Waals surface area contributed by atoms with E-state index in [0.717, 1.165) is 28.0 Å². The van der Waals surface area contributed by atoms with E-state index in [0.29, 0.717) is 41.9 Å². The standard InChI is InChI=1S/C27H25FN6O3/c1-16-4-3-5-19-26(25-20-15-32(2)30-22(20)8-7-21(25)28)31-34(27(16)19)17-6-9-23(29-13-17)33-10-11-37-18(14-33)12-24(35)36/h3-9,13,15,18H,10-12,14H2,1-2H3,(H,35,36). The number of ether oxygens (including phenoxy) is 1. The second-order valence-corrected chi connectivity index (χ2v) is 9.30. The number of aryl methyl sites for hydroxylation is 2. The lowest BCUT2D eigenvalue weighted by Crippen LogP contribution is -2.43. The molecule has 0 spiro atoms. The van der Waals surface area contributed by atoms with Gasteiger partial charge in [-0.2, -0.15) is 10.2 Å². The minimum Gasteiger partial charge on any atom is -0.481 e. The fraction of sp³-hybridized carbons (Fsp3) is 0.259. The van der Waals surface area contributed by atoms with E-state index in [1.54, 1.807) is 21.6 Å². The highest BCUT2D eigenvalue weighted by atomic mass is 19.1. The van der Waals surface area contributed by atoms with Crippen LogP contribution >= 0.6 is 0 Å². The first-order valence-corrected chi connectivity index (χ1v) is 12.0. The van der Waals surface area contributed by atoms with Gasteiger partial charge in [0.25, 0.3) is 0 Å². The maximum absolute atomic E-state index is 15.3. The number of morpholine rings is 1. The molecular formula is C27H25FN6O3. The van der Waals surface area contributed by atoms with Crippen LogP contribution in [0.4, 0.5) is 10.2 Å². The number of carboxylic acid groups (broad SMARTS) is 1. The van der Waals surface area contributed by atoms with Gasteiger partial charge in [0.2, 0.25) is 0 Å². The van der Waals surface area contributed by atoms with Crippen molar-refractivity contribution in [2.24, 2.45) is 7.05 Å². The number of pyridine rings is 1. The first-order valence-electron chi connectivity index (χ1n) is 12.0. The summed E-state index contributed by atoms with van der Waals surface area (Å²) in [6.07, 6.45) is 3.12. The minimum atomic E-state index is -0.884. The molecule has 10 heteroatoms. The van der Waals surface area contributed by atoms with Crippen molar-refractivity contribution in [3.63, 3.8) is 0 Å². The van der Waals surface area contributed by atoms with Gasteiger partial charge in [0.05, 0.1) is 42.0 Å².